The molecule has 2 unspecified atom stereocenters. The number of carbonyl (C=O) groups is 2. The van der Waals surface area contributed by atoms with E-state index >= 15 is 0 Å². The van der Waals surface area contributed by atoms with Crippen LogP contribution in [0.15, 0.2) is 24.3 Å². The summed E-state index contributed by atoms with van der Waals surface area (Å²) in [6.07, 6.45) is 84.5. The summed E-state index contributed by atoms with van der Waals surface area (Å²) < 4.78 is 33.2. The molecule has 0 saturated carbocycles. The SMILES string of the molecule is CCCCCCC/C=C\C/C=C\CCCCCCCCCCCC(=O)OC(COC(=O)CCCCCCCCCCCCCCCCCCCCCCCCCCCCCCCCCCCCCCCCCC)COP(=O)(O)OCCN. The maximum absolute atomic E-state index is 12.7. The second-order valence-corrected chi connectivity index (χ2v) is 26.3. The first-order valence-electron chi connectivity index (χ1n) is 36.3. The summed E-state index contributed by atoms with van der Waals surface area (Å²) in [5.74, 6) is -0.812. The quantitative estimate of drug-likeness (QED) is 0.0264. The summed E-state index contributed by atoms with van der Waals surface area (Å²) in [5.41, 5.74) is 5.40. The van der Waals surface area contributed by atoms with Gasteiger partial charge in [0, 0.05) is 19.4 Å². The van der Waals surface area contributed by atoms with Crippen molar-refractivity contribution in [2.24, 2.45) is 5.73 Å². The lowest BCUT2D eigenvalue weighted by Gasteiger charge is -2.19. The molecule has 0 aromatic heterocycles. The zero-order chi connectivity index (χ0) is 59.4. The lowest BCUT2D eigenvalue weighted by molar-refractivity contribution is -0.161. The van der Waals surface area contributed by atoms with Gasteiger partial charge in [-0.15, -0.1) is 0 Å². The Kier molecular flexibility index (Phi) is 67.3. The highest BCUT2D eigenvalue weighted by atomic mass is 31.2. The third-order valence-electron chi connectivity index (χ3n) is 16.6. The van der Waals surface area contributed by atoms with Gasteiger partial charge in [-0.25, -0.2) is 4.57 Å². The minimum Gasteiger partial charge on any atom is -0.462 e. The molecule has 0 fully saturated rings. The smallest absolute Gasteiger partial charge is 0.462 e. The molecule has 486 valence electrons. The molecule has 0 aromatic carbocycles. The van der Waals surface area contributed by atoms with E-state index in [1.54, 1.807) is 0 Å². The lowest BCUT2D eigenvalue weighted by Crippen LogP contribution is -2.29. The number of carbonyl (C=O) groups excluding carboxylic acids is 2. The molecule has 0 spiro atoms. The number of esters is 2. The second kappa shape index (κ2) is 68.6. The molecule has 82 heavy (non-hydrogen) atoms. The van der Waals surface area contributed by atoms with Gasteiger partial charge in [0.1, 0.15) is 6.61 Å². The molecule has 3 N–H and O–H groups in total. The number of phosphoric ester groups is 1. The normalized spacial score (nSPS) is 13.0. The van der Waals surface area contributed by atoms with Crippen molar-refractivity contribution in [2.45, 2.75) is 399 Å². The van der Waals surface area contributed by atoms with Crippen molar-refractivity contribution in [1.29, 1.82) is 0 Å². The number of rotatable bonds is 70. The fraction of sp³-hybridized carbons (Fsp3) is 0.917. The first-order chi connectivity index (χ1) is 40.3. The molecule has 2 atom stereocenters. The molecule has 0 bridgehead atoms. The van der Waals surface area contributed by atoms with Crippen molar-refractivity contribution in [3.8, 4) is 0 Å². The third kappa shape index (κ3) is 67.6. The molecule has 0 radical (unpaired) electrons. The molecule has 0 aliphatic heterocycles. The van der Waals surface area contributed by atoms with Gasteiger partial charge in [0.25, 0.3) is 0 Å². The van der Waals surface area contributed by atoms with Crippen LogP contribution in [0.3, 0.4) is 0 Å². The fourth-order valence-electron chi connectivity index (χ4n) is 11.2. The first kappa shape index (κ1) is 80.5. The molecule has 0 heterocycles. The molecule has 10 heteroatoms. The number of hydrogen-bond donors (Lipinski definition) is 2. The van der Waals surface area contributed by atoms with E-state index in [-0.39, 0.29) is 38.6 Å². The van der Waals surface area contributed by atoms with E-state index in [4.69, 9.17) is 24.3 Å². The van der Waals surface area contributed by atoms with Gasteiger partial charge in [-0.1, -0.05) is 359 Å². The second-order valence-electron chi connectivity index (χ2n) is 24.8. The van der Waals surface area contributed by atoms with Gasteiger partial charge in [-0.3, -0.25) is 18.6 Å². The summed E-state index contributed by atoms with van der Waals surface area (Å²) in [7, 11) is -4.39. The molecular formula is C72H140NO8P. The van der Waals surface area contributed by atoms with E-state index in [1.807, 2.05) is 0 Å². The van der Waals surface area contributed by atoms with Gasteiger partial charge < -0.3 is 20.1 Å². The van der Waals surface area contributed by atoms with Crippen LogP contribution in [-0.4, -0.2) is 49.3 Å². The van der Waals surface area contributed by atoms with Crippen molar-refractivity contribution < 1.29 is 37.6 Å². The van der Waals surface area contributed by atoms with Crippen molar-refractivity contribution in [1.82, 2.24) is 0 Å². The van der Waals surface area contributed by atoms with Crippen LogP contribution < -0.4 is 5.73 Å². The average molecular weight is 1180 g/mol. The Labute approximate surface area is 510 Å². The molecule has 0 aliphatic carbocycles. The fourth-order valence-corrected chi connectivity index (χ4v) is 12.0. The van der Waals surface area contributed by atoms with Gasteiger partial charge in [-0.2, -0.15) is 0 Å². The Morgan fingerprint density at radius 3 is 0.927 bits per heavy atom. The molecular weight excluding hydrogens is 1040 g/mol. The molecule has 9 nitrogen and oxygen atoms in total. The average Bonchev–Trinajstić information content (AvgIpc) is 3.48. The van der Waals surface area contributed by atoms with Crippen LogP contribution in [0.25, 0.3) is 0 Å². The van der Waals surface area contributed by atoms with Gasteiger partial charge in [-0.05, 0) is 44.9 Å². The van der Waals surface area contributed by atoms with Crippen LogP contribution >= 0.6 is 7.82 Å². The molecule has 0 aliphatic rings. The van der Waals surface area contributed by atoms with Crippen LogP contribution in [-0.2, 0) is 32.7 Å². The zero-order valence-corrected chi connectivity index (χ0v) is 55.7. The van der Waals surface area contributed by atoms with E-state index in [9.17, 15) is 19.0 Å². The summed E-state index contributed by atoms with van der Waals surface area (Å²) >= 11 is 0. The topological polar surface area (TPSA) is 134 Å². The highest BCUT2D eigenvalue weighted by Crippen LogP contribution is 2.43. The Hall–Kier alpha value is -1.51. The zero-order valence-electron chi connectivity index (χ0n) is 54.8. The number of ether oxygens (including phenoxy) is 2. The van der Waals surface area contributed by atoms with Crippen molar-refractivity contribution in [3.63, 3.8) is 0 Å². The summed E-state index contributed by atoms with van der Waals surface area (Å²) in [6.45, 7) is 3.80. The van der Waals surface area contributed by atoms with Crippen LogP contribution in [0.1, 0.15) is 393 Å². The molecule has 0 aromatic rings. The standard InChI is InChI=1S/C72H140NO8P/c1-3-5-7-9-11-13-15-17-19-21-23-25-26-27-28-29-30-31-32-33-34-35-36-37-38-39-40-41-42-43-45-46-48-50-52-54-56-58-60-62-64-71(74)78-68-70(69-80-82(76,77)79-67-66-73)81-72(75)65-63-61-59-57-55-53-51-49-47-44-24-22-20-18-16-14-12-10-8-6-4-2/h16,18,22,24,70H,3-15,17,19-21,23,25-69,73H2,1-2H3,(H,76,77)/b18-16-,24-22-. The number of hydrogen-bond acceptors (Lipinski definition) is 8. The number of nitrogens with two attached hydrogens (primary N) is 1. The minimum absolute atomic E-state index is 0.0550. The van der Waals surface area contributed by atoms with E-state index in [0.29, 0.717) is 6.42 Å². The van der Waals surface area contributed by atoms with Crippen molar-refractivity contribution in [3.05, 3.63) is 24.3 Å². The predicted octanol–water partition coefficient (Wildman–Crippen LogP) is 23.7. The van der Waals surface area contributed by atoms with Gasteiger partial charge in [0.15, 0.2) is 6.10 Å². The van der Waals surface area contributed by atoms with Gasteiger partial charge in [0.2, 0.25) is 0 Å². The monoisotopic (exact) mass is 1180 g/mol. The molecule has 0 amide bonds. The van der Waals surface area contributed by atoms with E-state index in [2.05, 4.69) is 38.2 Å². The summed E-state index contributed by atoms with van der Waals surface area (Å²) in [6, 6.07) is 0. The Balaban J connectivity index is 3.72. The predicted molar refractivity (Wildman–Crippen MR) is 354 cm³/mol. The number of allylic oxidation sites excluding steroid dienone is 4. The lowest BCUT2D eigenvalue weighted by atomic mass is 10.0. The van der Waals surface area contributed by atoms with Crippen LogP contribution in [0.4, 0.5) is 0 Å². The number of phosphoric acid groups is 1. The maximum Gasteiger partial charge on any atom is 0.472 e. The van der Waals surface area contributed by atoms with Crippen LogP contribution in [0.5, 0.6) is 0 Å². The van der Waals surface area contributed by atoms with Crippen molar-refractivity contribution >= 4 is 19.8 Å². The molecule has 0 rings (SSSR count). The summed E-state index contributed by atoms with van der Waals surface area (Å²) in [5, 5.41) is 0. The maximum atomic E-state index is 12.7. The van der Waals surface area contributed by atoms with Crippen LogP contribution in [0.2, 0.25) is 0 Å². The van der Waals surface area contributed by atoms with E-state index in [1.165, 1.54) is 308 Å². The first-order valence-corrected chi connectivity index (χ1v) is 37.8. The van der Waals surface area contributed by atoms with Gasteiger partial charge >= 0.3 is 19.8 Å². The highest BCUT2D eigenvalue weighted by Gasteiger charge is 2.26. The Morgan fingerprint density at radius 1 is 0.366 bits per heavy atom. The number of unbranched alkanes of at least 4 members (excludes halogenated alkanes) is 53. The van der Waals surface area contributed by atoms with E-state index < -0.39 is 26.5 Å². The third-order valence-corrected chi connectivity index (χ3v) is 17.6. The minimum atomic E-state index is -4.39. The Morgan fingerprint density at radius 2 is 0.634 bits per heavy atom. The Bertz CT molecular complexity index is 1390. The van der Waals surface area contributed by atoms with Crippen LogP contribution in [0, 0.1) is 0 Å². The summed E-state index contributed by atoms with van der Waals surface area (Å²) in [4.78, 5) is 35.3. The molecule has 0 saturated heterocycles. The largest absolute Gasteiger partial charge is 0.472 e. The van der Waals surface area contributed by atoms with Gasteiger partial charge in [0.05, 0.1) is 13.2 Å². The highest BCUT2D eigenvalue weighted by molar-refractivity contribution is 7.47. The van der Waals surface area contributed by atoms with E-state index in [0.717, 1.165) is 51.4 Å². The van der Waals surface area contributed by atoms with Crippen molar-refractivity contribution in [2.75, 3.05) is 26.4 Å².